The summed E-state index contributed by atoms with van der Waals surface area (Å²) in [6.07, 6.45) is 0. The topological polar surface area (TPSA) is 64.4 Å². The molecule has 3 aromatic carbocycles. The number of anilines is 1. The molecule has 0 fully saturated rings. The van der Waals surface area contributed by atoms with Crippen molar-refractivity contribution in [3.8, 4) is 17.2 Å². The maximum Gasteiger partial charge on any atom is 0.259 e. The SMILES string of the molecule is COc1c(C)cc(Br)cc1C(=O)Nc1ccc2oc(-c3ccc(Cl)c(Cl)c3)nc2c1. The van der Waals surface area contributed by atoms with Crippen LogP contribution in [0.1, 0.15) is 15.9 Å². The first-order valence-corrected chi connectivity index (χ1v) is 10.4. The highest BCUT2D eigenvalue weighted by molar-refractivity contribution is 9.10. The van der Waals surface area contributed by atoms with Gasteiger partial charge in [-0.1, -0.05) is 39.1 Å². The van der Waals surface area contributed by atoms with Crippen molar-refractivity contribution < 1.29 is 13.9 Å². The molecule has 0 aliphatic heterocycles. The summed E-state index contributed by atoms with van der Waals surface area (Å²) >= 11 is 15.5. The fourth-order valence-corrected chi connectivity index (χ4v) is 4.00. The number of hydrogen-bond donors (Lipinski definition) is 1. The van der Waals surface area contributed by atoms with Crippen LogP contribution in [0.3, 0.4) is 0 Å². The van der Waals surface area contributed by atoms with Gasteiger partial charge in [-0.05, 0) is 61.0 Å². The third-order valence-corrected chi connectivity index (χ3v) is 5.70. The molecule has 152 valence electrons. The summed E-state index contributed by atoms with van der Waals surface area (Å²) < 4.78 is 12.0. The van der Waals surface area contributed by atoms with Gasteiger partial charge in [0.1, 0.15) is 11.3 Å². The van der Waals surface area contributed by atoms with Crippen LogP contribution < -0.4 is 10.1 Å². The molecule has 0 bridgehead atoms. The van der Waals surface area contributed by atoms with E-state index in [2.05, 4.69) is 26.2 Å². The second-order valence-corrected chi connectivity index (χ2v) is 8.32. The Bertz CT molecular complexity index is 1290. The van der Waals surface area contributed by atoms with E-state index < -0.39 is 0 Å². The number of fused-ring (bicyclic) bond motifs is 1. The number of methoxy groups -OCH3 is 1. The smallest absolute Gasteiger partial charge is 0.259 e. The maximum absolute atomic E-state index is 12.8. The van der Waals surface area contributed by atoms with Crippen molar-refractivity contribution in [3.05, 3.63) is 74.2 Å². The highest BCUT2D eigenvalue weighted by Gasteiger charge is 2.17. The van der Waals surface area contributed by atoms with Gasteiger partial charge in [-0.3, -0.25) is 4.79 Å². The van der Waals surface area contributed by atoms with Gasteiger partial charge in [0.2, 0.25) is 5.89 Å². The lowest BCUT2D eigenvalue weighted by Gasteiger charge is -2.12. The molecule has 0 saturated heterocycles. The second kappa shape index (κ2) is 8.30. The maximum atomic E-state index is 12.8. The summed E-state index contributed by atoms with van der Waals surface area (Å²) in [7, 11) is 1.54. The zero-order valence-corrected chi connectivity index (χ0v) is 19.0. The standard InChI is InChI=1S/C22H15BrCl2N2O3/c1-11-7-13(23)9-15(20(11)29-2)21(28)26-14-4-6-19-18(10-14)27-22(30-19)12-3-5-16(24)17(25)8-12/h3-10H,1-2H3,(H,26,28). The van der Waals surface area contributed by atoms with Crippen LogP contribution in [0.5, 0.6) is 5.75 Å². The van der Waals surface area contributed by atoms with E-state index in [0.717, 1.165) is 10.0 Å². The van der Waals surface area contributed by atoms with Crippen molar-refractivity contribution in [2.75, 3.05) is 12.4 Å². The number of oxazole rings is 1. The molecule has 0 unspecified atom stereocenters. The average molecular weight is 506 g/mol. The van der Waals surface area contributed by atoms with Gasteiger partial charge in [0.05, 0.1) is 22.7 Å². The molecule has 5 nitrogen and oxygen atoms in total. The van der Waals surface area contributed by atoms with Gasteiger partial charge in [0.25, 0.3) is 5.91 Å². The van der Waals surface area contributed by atoms with Gasteiger partial charge < -0.3 is 14.5 Å². The van der Waals surface area contributed by atoms with Crippen LogP contribution in [0.2, 0.25) is 10.0 Å². The zero-order valence-electron chi connectivity index (χ0n) is 15.9. The molecule has 1 amide bonds. The first-order valence-electron chi connectivity index (χ1n) is 8.87. The Labute approximate surface area is 191 Å². The Morgan fingerprint density at radius 2 is 1.90 bits per heavy atom. The van der Waals surface area contributed by atoms with Crippen molar-refractivity contribution in [1.29, 1.82) is 0 Å². The monoisotopic (exact) mass is 504 g/mol. The van der Waals surface area contributed by atoms with Gasteiger partial charge in [-0.15, -0.1) is 0 Å². The lowest BCUT2D eigenvalue weighted by Crippen LogP contribution is -2.13. The van der Waals surface area contributed by atoms with E-state index in [9.17, 15) is 4.79 Å². The minimum absolute atomic E-state index is 0.288. The van der Waals surface area contributed by atoms with Crippen molar-refractivity contribution in [1.82, 2.24) is 4.98 Å². The number of hydrogen-bond acceptors (Lipinski definition) is 4. The summed E-state index contributed by atoms with van der Waals surface area (Å²) in [4.78, 5) is 17.4. The molecule has 1 heterocycles. The molecule has 1 N–H and O–H groups in total. The fraction of sp³-hybridized carbons (Fsp3) is 0.0909. The molecule has 1 aromatic heterocycles. The lowest BCUT2D eigenvalue weighted by atomic mass is 10.1. The molecule has 0 atom stereocenters. The third kappa shape index (κ3) is 4.03. The molecule has 0 aliphatic carbocycles. The van der Waals surface area contributed by atoms with Crippen molar-refractivity contribution in [2.45, 2.75) is 6.92 Å². The van der Waals surface area contributed by atoms with Crippen LogP contribution >= 0.6 is 39.1 Å². The number of ether oxygens (including phenoxy) is 1. The number of carbonyl (C=O) groups is 1. The second-order valence-electron chi connectivity index (χ2n) is 6.59. The average Bonchev–Trinajstić information content (AvgIpc) is 3.13. The Hall–Kier alpha value is -2.54. The van der Waals surface area contributed by atoms with Gasteiger partial charge in [0, 0.05) is 15.7 Å². The number of nitrogens with zero attached hydrogens (tertiary/aromatic N) is 1. The molecule has 30 heavy (non-hydrogen) atoms. The molecule has 0 spiro atoms. The van der Waals surface area contributed by atoms with E-state index in [1.54, 1.807) is 49.6 Å². The van der Waals surface area contributed by atoms with Gasteiger partial charge in [0.15, 0.2) is 5.58 Å². The fourth-order valence-electron chi connectivity index (χ4n) is 3.13. The molecule has 0 radical (unpaired) electrons. The number of rotatable bonds is 4. The largest absolute Gasteiger partial charge is 0.496 e. The number of benzene rings is 3. The summed E-state index contributed by atoms with van der Waals surface area (Å²) in [6.45, 7) is 1.88. The highest BCUT2D eigenvalue weighted by Crippen LogP contribution is 2.32. The number of aromatic nitrogens is 1. The Morgan fingerprint density at radius 3 is 2.63 bits per heavy atom. The van der Waals surface area contributed by atoms with Crippen LogP contribution in [0.4, 0.5) is 5.69 Å². The van der Waals surface area contributed by atoms with Crippen LogP contribution in [-0.2, 0) is 0 Å². The van der Waals surface area contributed by atoms with Crippen molar-refractivity contribution in [2.24, 2.45) is 0 Å². The molecule has 4 aromatic rings. The van der Waals surface area contributed by atoms with E-state index in [1.165, 1.54) is 0 Å². The predicted octanol–water partition coefficient (Wildman–Crippen LogP) is 7.13. The minimum Gasteiger partial charge on any atom is -0.496 e. The Kier molecular flexibility index (Phi) is 5.73. The van der Waals surface area contributed by atoms with Crippen LogP contribution in [0, 0.1) is 6.92 Å². The predicted molar refractivity (Wildman–Crippen MR) is 123 cm³/mol. The first-order chi connectivity index (χ1) is 14.4. The summed E-state index contributed by atoms with van der Waals surface area (Å²) in [6, 6.07) is 14.0. The molecule has 0 aliphatic rings. The molecular weight excluding hydrogens is 491 g/mol. The molecule has 4 rings (SSSR count). The number of amides is 1. The number of aryl methyl sites for hydroxylation is 1. The van der Waals surface area contributed by atoms with E-state index in [-0.39, 0.29) is 5.91 Å². The third-order valence-electron chi connectivity index (χ3n) is 4.50. The Morgan fingerprint density at radius 1 is 1.10 bits per heavy atom. The van der Waals surface area contributed by atoms with Gasteiger partial charge >= 0.3 is 0 Å². The summed E-state index contributed by atoms with van der Waals surface area (Å²) in [5.41, 5.74) is 3.77. The molecule has 0 saturated carbocycles. The summed E-state index contributed by atoms with van der Waals surface area (Å²) in [5, 5.41) is 3.76. The van der Waals surface area contributed by atoms with Crippen LogP contribution in [0.25, 0.3) is 22.6 Å². The Balaban J connectivity index is 1.64. The quantitative estimate of drug-likeness (QED) is 0.320. The minimum atomic E-state index is -0.288. The summed E-state index contributed by atoms with van der Waals surface area (Å²) in [5.74, 6) is 0.653. The van der Waals surface area contributed by atoms with Crippen LogP contribution in [0.15, 0.2) is 57.4 Å². The van der Waals surface area contributed by atoms with E-state index in [4.69, 9.17) is 32.4 Å². The van der Waals surface area contributed by atoms with E-state index in [1.807, 2.05) is 13.0 Å². The number of nitrogens with one attached hydrogen (secondary N) is 1. The molecule has 8 heteroatoms. The first kappa shape index (κ1) is 20.7. The lowest BCUT2D eigenvalue weighted by molar-refractivity contribution is 0.102. The van der Waals surface area contributed by atoms with Gasteiger partial charge in [-0.25, -0.2) is 4.98 Å². The number of halogens is 3. The van der Waals surface area contributed by atoms with Crippen LogP contribution in [-0.4, -0.2) is 18.0 Å². The van der Waals surface area contributed by atoms with Gasteiger partial charge in [-0.2, -0.15) is 0 Å². The zero-order chi connectivity index (χ0) is 21.4. The van der Waals surface area contributed by atoms with E-state index in [0.29, 0.717) is 49.6 Å². The highest BCUT2D eigenvalue weighted by atomic mass is 79.9. The van der Waals surface area contributed by atoms with E-state index >= 15 is 0 Å². The van der Waals surface area contributed by atoms with Crippen molar-refractivity contribution >= 4 is 61.8 Å². The number of carbonyl (C=O) groups excluding carboxylic acids is 1. The van der Waals surface area contributed by atoms with Crippen molar-refractivity contribution in [3.63, 3.8) is 0 Å². The normalized spacial score (nSPS) is 11.0. The molecular formula is C22H15BrCl2N2O3.